The Balaban J connectivity index is 1.57. The number of rotatable bonds is 6. The number of hydrogen-bond acceptors (Lipinski definition) is 5. The third-order valence-corrected chi connectivity index (χ3v) is 4.02. The van der Waals surface area contributed by atoms with Gasteiger partial charge in [0.05, 0.1) is 11.1 Å². The monoisotopic (exact) mass is 362 g/mol. The largest absolute Gasteiger partial charge is 0.374 e. The Morgan fingerprint density at radius 2 is 1.78 bits per heavy atom. The zero-order valence-corrected chi connectivity index (χ0v) is 14.6. The minimum absolute atomic E-state index is 0.00407. The van der Waals surface area contributed by atoms with Gasteiger partial charge in [-0.1, -0.05) is 30.3 Å². The number of nitro groups is 1. The van der Waals surface area contributed by atoms with Crippen LogP contribution < -0.4 is 10.7 Å². The lowest BCUT2D eigenvalue weighted by atomic mass is 10.1. The summed E-state index contributed by atoms with van der Waals surface area (Å²) in [6.07, 6.45) is 1.43. The number of fused-ring (bicyclic) bond motifs is 1. The van der Waals surface area contributed by atoms with Crippen molar-refractivity contribution in [3.8, 4) is 0 Å². The maximum Gasteiger partial charge on any atom is 0.269 e. The zero-order chi connectivity index (χ0) is 19.2. The van der Waals surface area contributed by atoms with E-state index >= 15 is 0 Å². The van der Waals surface area contributed by atoms with Crippen LogP contribution in [0.3, 0.4) is 0 Å². The number of nitrogens with one attached hydrogen (secondary N) is 2. The fraction of sp³-hybridized carbons (Fsp3) is 0.100. The topological polar surface area (TPSA) is 96.6 Å². The summed E-state index contributed by atoms with van der Waals surface area (Å²) in [6.45, 7) is 1.74. The molecule has 0 saturated heterocycles. The molecular formula is C20H18N4O3. The van der Waals surface area contributed by atoms with Crippen molar-refractivity contribution in [3.05, 3.63) is 82.4 Å². The lowest BCUT2D eigenvalue weighted by Gasteiger charge is -2.14. The molecule has 1 atom stereocenters. The molecule has 0 aliphatic carbocycles. The molecule has 0 spiro atoms. The standard InChI is InChI=1S/C20H18N4O3/c1-14(22-18-9-8-16-4-2-3-5-17(16)12-18)20(25)23-21-13-15-6-10-19(11-7-15)24(26)27/h2-14,22H,1H3,(H,23,25). The van der Waals surface area contributed by atoms with Gasteiger partial charge in [0.25, 0.3) is 11.6 Å². The summed E-state index contributed by atoms with van der Waals surface area (Å²) in [5.74, 6) is -0.290. The second-order valence-electron chi connectivity index (χ2n) is 6.01. The van der Waals surface area contributed by atoms with E-state index in [0.29, 0.717) is 5.56 Å². The molecule has 1 amide bonds. The van der Waals surface area contributed by atoms with E-state index in [1.54, 1.807) is 19.1 Å². The number of carbonyl (C=O) groups excluding carboxylic acids is 1. The molecule has 7 heteroatoms. The Hall–Kier alpha value is -3.74. The van der Waals surface area contributed by atoms with Gasteiger partial charge in [-0.05, 0) is 47.5 Å². The molecule has 0 aliphatic heterocycles. The summed E-state index contributed by atoms with van der Waals surface area (Å²) >= 11 is 0. The highest BCUT2D eigenvalue weighted by atomic mass is 16.6. The molecule has 136 valence electrons. The van der Waals surface area contributed by atoms with Gasteiger partial charge in [0.2, 0.25) is 0 Å². The van der Waals surface area contributed by atoms with Crippen LogP contribution >= 0.6 is 0 Å². The van der Waals surface area contributed by atoms with Crippen LogP contribution in [0.15, 0.2) is 71.8 Å². The van der Waals surface area contributed by atoms with E-state index in [2.05, 4.69) is 15.8 Å². The van der Waals surface area contributed by atoms with Gasteiger partial charge in [-0.25, -0.2) is 5.43 Å². The number of anilines is 1. The van der Waals surface area contributed by atoms with Crippen molar-refractivity contribution in [2.45, 2.75) is 13.0 Å². The van der Waals surface area contributed by atoms with Gasteiger partial charge in [0, 0.05) is 17.8 Å². The van der Waals surface area contributed by atoms with Gasteiger partial charge >= 0.3 is 0 Å². The fourth-order valence-electron chi connectivity index (χ4n) is 2.54. The molecule has 1 unspecified atom stereocenters. The van der Waals surface area contributed by atoms with Gasteiger partial charge in [-0.15, -0.1) is 0 Å². The van der Waals surface area contributed by atoms with Crippen molar-refractivity contribution in [2.75, 3.05) is 5.32 Å². The van der Waals surface area contributed by atoms with Crippen molar-refractivity contribution in [2.24, 2.45) is 5.10 Å². The molecule has 0 aliphatic rings. The Morgan fingerprint density at radius 1 is 1.07 bits per heavy atom. The number of nitro benzene ring substituents is 1. The van der Waals surface area contributed by atoms with E-state index in [1.165, 1.54) is 18.3 Å². The second-order valence-corrected chi connectivity index (χ2v) is 6.01. The van der Waals surface area contributed by atoms with Gasteiger partial charge in [0.15, 0.2) is 0 Å². The first-order chi connectivity index (χ1) is 13.0. The molecule has 27 heavy (non-hydrogen) atoms. The minimum Gasteiger partial charge on any atom is -0.374 e. The SMILES string of the molecule is CC(Nc1ccc2ccccc2c1)C(=O)NN=Cc1ccc([N+](=O)[O-])cc1. The Morgan fingerprint density at radius 3 is 2.48 bits per heavy atom. The van der Waals surface area contributed by atoms with E-state index in [0.717, 1.165) is 16.5 Å². The van der Waals surface area contributed by atoms with Crippen LogP contribution in [0.5, 0.6) is 0 Å². The highest BCUT2D eigenvalue weighted by Gasteiger charge is 2.11. The molecule has 0 radical (unpaired) electrons. The van der Waals surface area contributed by atoms with Crippen LogP contribution in [-0.2, 0) is 4.79 Å². The summed E-state index contributed by atoms with van der Waals surface area (Å²) in [7, 11) is 0. The molecule has 7 nitrogen and oxygen atoms in total. The first-order valence-electron chi connectivity index (χ1n) is 8.35. The van der Waals surface area contributed by atoms with Crippen LogP contribution in [0.25, 0.3) is 10.8 Å². The number of hydrazone groups is 1. The highest BCUT2D eigenvalue weighted by molar-refractivity contribution is 5.89. The molecule has 3 rings (SSSR count). The first-order valence-corrected chi connectivity index (χ1v) is 8.35. The maximum absolute atomic E-state index is 12.2. The van der Waals surface area contributed by atoms with Gasteiger partial charge in [-0.2, -0.15) is 5.10 Å². The molecule has 0 fully saturated rings. The molecule has 2 N–H and O–H groups in total. The van der Waals surface area contributed by atoms with Crippen molar-refractivity contribution < 1.29 is 9.72 Å². The van der Waals surface area contributed by atoms with Crippen LogP contribution in [0.4, 0.5) is 11.4 Å². The molecule has 0 heterocycles. The van der Waals surface area contributed by atoms with Crippen LogP contribution in [0.2, 0.25) is 0 Å². The molecule has 0 aromatic heterocycles. The van der Waals surface area contributed by atoms with Gasteiger partial charge < -0.3 is 5.32 Å². The van der Waals surface area contributed by atoms with E-state index in [1.807, 2.05) is 42.5 Å². The molecule has 0 saturated carbocycles. The average Bonchev–Trinajstić information content (AvgIpc) is 2.68. The van der Waals surface area contributed by atoms with Crippen molar-refractivity contribution in [3.63, 3.8) is 0 Å². The lowest BCUT2D eigenvalue weighted by Crippen LogP contribution is -2.34. The highest BCUT2D eigenvalue weighted by Crippen LogP contribution is 2.19. The minimum atomic E-state index is -0.486. The van der Waals surface area contributed by atoms with Crippen LogP contribution in [0.1, 0.15) is 12.5 Å². The van der Waals surface area contributed by atoms with Crippen molar-refractivity contribution in [1.82, 2.24) is 5.43 Å². The Kier molecular flexibility index (Phi) is 5.41. The Bertz CT molecular complexity index is 1000. The summed E-state index contributed by atoms with van der Waals surface area (Å²) in [5, 5.41) is 19.9. The average molecular weight is 362 g/mol. The summed E-state index contributed by atoms with van der Waals surface area (Å²) in [5.41, 5.74) is 3.96. The quantitative estimate of drug-likeness (QED) is 0.397. The summed E-state index contributed by atoms with van der Waals surface area (Å²) in [4.78, 5) is 22.3. The second kappa shape index (κ2) is 8.09. The predicted molar refractivity (Wildman–Crippen MR) is 106 cm³/mol. The molecular weight excluding hydrogens is 344 g/mol. The maximum atomic E-state index is 12.2. The van der Waals surface area contributed by atoms with E-state index < -0.39 is 11.0 Å². The van der Waals surface area contributed by atoms with E-state index in [-0.39, 0.29) is 11.6 Å². The Labute approximate surface area is 155 Å². The number of amides is 1. The number of benzene rings is 3. The third kappa shape index (κ3) is 4.66. The normalized spacial score (nSPS) is 12.0. The number of nitrogens with zero attached hydrogens (tertiary/aromatic N) is 2. The first kappa shape index (κ1) is 18.1. The smallest absolute Gasteiger partial charge is 0.269 e. The predicted octanol–water partition coefficient (Wildman–Crippen LogP) is 3.70. The van der Waals surface area contributed by atoms with Crippen LogP contribution in [-0.4, -0.2) is 23.1 Å². The summed E-state index contributed by atoms with van der Waals surface area (Å²) < 4.78 is 0. The summed E-state index contributed by atoms with van der Waals surface area (Å²) in [6, 6.07) is 19.3. The number of carbonyl (C=O) groups is 1. The van der Waals surface area contributed by atoms with Gasteiger partial charge in [-0.3, -0.25) is 14.9 Å². The third-order valence-electron chi connectivity index (χ3n) is 4.02. The van der Waals surface area contributed by atoms with Crippen molar-refractivity contribution in [1.29, 1.82) is 0 Å². The molecule has 3 aromatic carbocycles. The zero-order valence-electron chi connectivity index (χ0n) is 14.6. The van der Waals surface area contributed by atoms with Crippen molar-refractivity contribution >= 4 is 34.3 Å². The van der Waals surface area contributed by atoms with Gasteiger partial charge in [0.1, 0.15) is 6.04 Å². The van der Waals surface area contributed by atoms with E-state index in [4.69, 9.17) is 0 Å². The van der Waals surface area contributed by atoms with E-state index in [9.17, 15) is 14.9 Å². The molecule has 3 aromatic rings. The number of hydrogen-bond donors (Lipinski definition) is 2. The number of non-ortho nitro benzene ring substituents is 1. The van der Waals surface area contributed by atoms with Crippen LogP contribution in [0, 0.1) is 10.1 Å². The molecule has 0 bridgehead atoms. The fourth-order valence-corrected chi connectivity index (χ4v) is 2.54. The lowest BCUT2D eigenvalue weighted by molar-refractivity contribution is -0.384.